The lowest BCUT2D eigenvalue weighted by molar-refractivity contribution is 0.0711. The molecule has 2 aliphatic heterocycles. The van der Waals surface area contributed by atoms with E-state index in [2.05, 4.69) is 25.2 Å². The fraction of sp³-hybridized carbons (Fsp3) is 0.429. The molecule has 1 fully saturated rings. The highest BCUT2D eigenvalue weighted by Gasteiger charge is 2.30. The van der Waals surface area contributed by atoms with Gasteiger partial charge in [0.1, 0.15) is 11.6 Å². The largest absolute Gasteiger partial charge is 0.338 e. The molecule has 3 aromatic rings. The Labute approximate surface area is 181 Å². The first-order chi connectivity index (χ1) is 14.2. The van der Waals surface area contributed by atoms with Gasteiger partial charge in [-0.25, -0.2) is 0 Å². The molecule has 0 unspecified atom stereocenters. The number of fused-ring (bicyclic) bond motifs is 1. The number of benzene rings is 1. The molecular formula is C21H26ClN7O. The maximum absolute atomic E-state index is 13.3. The van der Waals surface area contributed by atoms with Crippen molar-refractivity contribution < 1.29 is 4.79 Å². The van der Waals surface area contributed by atoms with Crippen molar-refractivity contribution in [3.63, 3.8) is 0 Å². The zero-order chi connectivity index (χ0) is 19.8. The van der Waals surface area contributed by atoms with Crippen LogP contribution in [0.2, 0.25) is 0 Å². The van der Waals surface area contributed by atoms with Gasteiger partial charge >= 0.3 is 0 Å². The summed E-state index contributed by atoms with van der Waals surface area (Å²) in [5.41, 5.74) is 2.55. The Morgan fingerprint density at radius 1 is 1.10 bits per heavy atom. The number of nitrogens with zero attached hydrogens (tertiary/aromatic N) is 6. The smallest absolute Gasteiger partial charge is 0.257 e. The van der Waals surface area contributed by atoms with Crippen LogP contribution in [0.15, 0.2) is 36.5 Å². The van der Waals surface area contributed by atoms with E-state index < -0.39 is 0 Å². The van der Waals surface area contributed by atoms with Crippen molar-refractivity contribution in [1.82, 2.24) is 34.8 Å². The number of carbonyl (C=O) groups is 1. The van der Waals surface area contributed by atoms with Gasteiger partial charge in [-0.3, -0.25) is 9.48 Å². The molecule has 0 spiro atoms. The lowest BCUT2D eigenvalue weighted by atomic mass is 9.95. The van der Waals surface area contributed by atoms with Crippen LogP contribution in [0.4, 0.5) is 0 Å². The maximum Gasteiger partial charge on any atom is 0.257 e. The van der Waals surface area contributed by atoms with E-state index in [0.717, 1.165) is 68.5 Å². The van der Waals surface area contributed by atoms with Gasteiger partial charge in [-0.2, -0.15) is 5.10 Å². The number of likely N-dealkylation sites (tertiary alicyclic amines) is 1. The summed E-state index contributed by atoms with van der Waals surface area (Å²) in [5.74, 6) is 2.52. The third-order valence-electron chi connectivity index (χ3n) is 6.02. The topological polar surface area (TPSA) is 80.9 Å². The molecule has 158 valence electrons. The third-order valence-corrected chi connectivity index (χ3v) is 6.02. The summed E-state index contributed by atoms with van der Waals surface area (Å²) in [7, 11) is 1.88. The first-order valence-corrected chi connectivity index (χ1v) is 10.2. The van der Waals surface area contributed by atoms with Crippen LogP contribution in [0.1, 0.15) is 40.8 Å². The summed E-state index contributed by atoms with van der Waals surface area (Å²) < 4.78 is 4.04. The number of carbonyl (C=O) groups excluding carboxylic acids is 1. The van der Waals surface area contributed by atoms with Crippen LogP contribution in [0.5, 0.6) is 0 Å². The molecule has 9 heteroatoms. The van der Waals surface area contributed by atoms with Gasteiger partial charge in [-0.15, -0.1) is 22.6 Å². The highest BCUT2D eigenvalue weighted by Crippen LogP contribution is 2.30. The highest BCUT2D eigenvalue weighted by molar-refractivity contribution is 6.00. The Morgan fingerprint density at radius 2 is 1.87 bits per heavy atom. The molecular weight excluding hydrogens is 402 g/mol. The Kier molecular flexibility index (Phi) is 5.87. The van der Waals surface area contributed by atoms with E-state index in [1.807, 2.05) is 42.3 Å². The average molecular weight is 428 g/mol. The average Bonchev–Trinajstić information content (AvgIpc) is 3.38. The third kappa shape index (κ3) is 3.61. The van der Waals surface area contributed by atoms with Crippen molar-refractivity contribution in [3.05, 3.63) is 53.7 Å². The van der Waals surface area contributed by atoms with Crippen LogP contribution in [0, 0.1) is 0 Å². The van der Waals surface area contributed by atoms with Crippen molar-refractivity contribution in [1.29, 1.82) is 0 Å². The van der Waals surface area contributed by atoms with Gasteiger partial charge in [-0.05, 0) is 12.8 Å². The van der Waals surface area contributed by atoms with E-state index in [-0.39, 0.29) is 18.3 Å². The van der Waals surface area contributed by atoms with Crippen LogP contribution in [-0.2, 0) is 20.1 Å². The number of piperidine rings is 1. The predicted octanol–water partition coefficient (Wildman–Crippen LogP) is 2.22. The van der Waals surface area contributed by atoms with Gasteiger partial charge in [0, 0.05) is 44.7 Å². The van der Waals surface area contributed by atoms with E-state index in [4.69, 9.17) is 0 Å². The number of aromatic nitrogens is 5. The minimum atomic E-state index is 0. The van der Waals surface area contributed by atoms with E-state index >= 15 is 0 Å². The lowest BCUT2D eigenvalue weighted by Gasteiger charge is -2.32. The number of rotatable bonds is 3. The lowest BCUT2D eigenvalue weighted by Crippen LogP contribution is -2.39. The minimum absolute atomic E-state index is 0. The zero-order valence-electron chi connectivity index (χ0n) is 17.0. The van der Waals surface area contributed by atoms with Crippen molar-refractivity contribution in [2.75, 3.05) is 19.6 Å². The molecule has 5 rings (SSSR count). The summed E-state index contributed by atoms with van der Waals surface area (Å²) in [6, 6.07) is 9.98. The Balaban J connectivity index is 0.00000218. The van der Waals surface area contributed by atoms with Gasteiger partial charge in [-0.1, -0.05) is 30.3 Å². The molecule has 1 N–H and O–H groups in total. The van der Waals surface area contributed by atoms with Crippen LogP contribution in [0.3, 0.4) is 0 Å². The molecule has 1 aromatic carbocycles. The molecule has 0 atom stereocenters. The summed E-state index contributed by atoms with van der Waals surface area (Å²) in [6.45, 7) is 4.12. The molecule has 2 aromatic heterocycles. The van der Waals surface area contributed by atoms with E-state index in [1.54, 1.807) is 10.9 Å². The molecule has 0 bridgehead atoms. The molecule has 0 saturated carbocycles. The van der Waals surface area contributed by atoms with E-state index in [0.29, 0.717) is 11.5 Å². The predicted molar refractivity (Wildman–Crippen MR) is 115 cm³/mol. The molecule has 30 heavy (non-hydrogen) atoms. The molecule has 0 radical (unpaired) electrons. The summed E-state index contributed by atoms with van der Waals surface area (Å²) in [4.78, 5) is 15.2. The van der Waals surface area contributed by atoms with Crippen molar-refractivity contribution >= 4 is 18.3 Å². The molecule has 1 saturated heterocycles. The zero-order valence-corrected chi connectivity index (χ0v) is 17.8. The van der Waals surface area contributed by atoms with Gasteiger partial charge in [0.15, 0.2) is 0 Å². The second kappa shape index (κ2) is 8.57. The Hall–Kier alpha value is -2.71. The summed E-state index contributed by atoms with van der Waals surface area (Å²) in [6.07, 6.45) is 3.52. The fourth-order valence-electron chi connectivity index (χ4n) is 4.46. The molecule has 1 amide bonds. The van der Waals surface area contributed by atoms with Crippen molar-refractivity contribution in [2.24, 2.45) is 7.05 Å². The first kappa shape index (κ1) is 20.6. The number of nitrogens with one attached hydrogen (secondary N) is 1. The second-order valence-corrected chi connectivity index (χ2v) is 7.77. The number of halogens is 1. The highest BCUT2D eigenvalue weighted by atomic mass is 35.5. The number of hydrogen-bond donors (Lipinski definition) is 1. The van der Waals surface area contributed by atoms with Crippen LogP contribution in [0.25, 0.3) is 11.3 Å². The Bertz CT molecular complexity index is 1020. The van der Waals surface area contributed by atoms with Gasteiger partial charge in [0.2, 0.25) is 0 Å². The normalized spacial score (nSPS) is 16.8. The molecule has 4 heterocycles. The SMILES string of the molecule is Cl.Cn1ncc(C(=O)N2CCC(c3nnc4n3CCNC4)CC2)c1-c1ccccc1. The van der Waals surface area contributed by atoms with E-state index in [9.17, 15) is 4.79 Å². The van der Waals surface area contributed by atoms with Gasteiger partial charge in [0.25, 0.3) is 5.91 Å². The molecule has 2 aliphatic rings. The number of amides is 1. The second-order valence-electron chi connectivity index (χ2n) is 7.77. The maximum atomic E-state index is 13.3. The van der Waals surface area contributed by atoms with Crippen LogP contribution < -0.4 is 5.32 Å². The molecule has 0 aliphatic carbocycles. The summed E-state index contributed by atoms with van der Waals surface area (Å²) >= 11 is 0. The van der Waals surface area contributed by atoms with E-state index in [1.165, 1.54) is 0 Å². The fourth-order valence-corrected chi connectivity index (χ4v) is 4.46. The van der Waals surface area contributed by atoms with Crippen LogP contribution >= 0.6 is 12.4 Å². The van der Waals surface area contributed by atoms with Crippen molar-refractivity contribution in [3.8, 4) is 11.3 Å². The van der Waals surface area contributed by atoms with Gasteiger partial charge < -0.3 is 14.8 Å². The van der Waals surface area contributed by atoms with Crippen molar-refractivity contribution in [2.45, 2.75) is 31.8 Å². The standard InChI is InChI=1S/C21H25N7O.ClH/c1-26-19(15-5-3-2-4-6-15)17(13-23-26)21(29)27-10-7-16(8-11-27)20-25-24-18-14-22-9-12-28(18)20;/h2-6,13,16,22H,7-12,14H2,1H3;1H. The monoisotopic (exact) mass is 427 g/mol. The molecule has 8 nitrogen and oxygen atoms in total. The summed E-state index contributed by atoms with van der Waals surface area (Å²) in [5, 5.41) is 16.5. The Morgan fingerprint density at radius 3 is 2.63 bits per heavy atom. The van der Waals surface area contributed by atoms with Crippen LogP contribution in [-0.4, -0.2) is 55.0 Å². The number of aryl methyl sites for hydroxylation is 1. The van der Waals surface area contributed by atoms with Gasteiger partial charge in [0.05, 0.1) is 24.0 Å². The minimum Gasteiger partial charge on any atom is -0.338 e. The first-order valence-electron chi connectivity index (χ1n) is 10.2. The quantitative estimate of drug-likeness (QED) is 0.693. The number of hydrogen-bond acceptors (Lipinski definition) is 5.